The third kappa shape index (κ3) is 6.24. The Morgan fingerprint density at radius 1 is 1.07 bits per heavy atom. The summed E-state index contributed by atoms with van der Waals surface area (Å²) in [5, 5.41) is 13.2. The van der Waals surface area contributed by atoms with E-state index in [1.165, 1.54) is 18.6 Å². The van der Waals surface area contributed by atoms with Gasteiger partial charge in [0.25, 0.3) is 0 Å². The molecule has 2 fully saturated rings. The molecule has 218 valence electrons. The van der Waals surface area contributed by atoms with Crippen molar-refractivity contribution in [2.75, 3.05) is 18.4 Å². The molecule has 0 amide bonds. The van der Waals surface area contributed by atoms with E-state index in [9.17, 15) is 23.1 Å². The second-order valence-electron chi connectivity index (χ2n) is 10.4. The molecule has 1 aromatic carbocycles. The monoisotopic (exact) mass is 560 g/mol. The average Bonchev–Trinajstić information content (AvgIpc) is 3.26. The van der Waals surface area contributed by atoms with Crippen LogP contribution in [0.3, 0.4) is 0 Å². The van der Waals surface area contributed by atoms with E-state index in [1.807, 2.05) is 18.4 Å². The molecule has 40 heavy (non-hydrogen) atoms. The Labute approximate surface area is 233 Å². The Morgan fingerprint density at radius 2 is 1.77 bits per heavy atom. The third-order valence-electron chi connectivity index (χ3n) is 7.98. The first-order valence-electron chi connectivity index (χ1n) is 14.3. The zero-order chi connectivity index (χ0) is 29.0. The maximum Gasteiger partial charge on any atom is 0.416 e. The molecule has 0 bridgehead atoms. The van der Waals surface area contributed by atoms with Crippen molar-refractivity contribution in [3.63, 3.8) is 0 Å². The van der Waals surface area contributed by atoms with Crippen molar-refractivity contribution in [3.05, 3.63) is 47.0 Å². The maximum atomic E-state index is 13.2. The van der Waals surface area contributed by atoms with Gasteiger partial charge in [-0.1, -0.05) is 45.7 Å². The van der Waals surface area contributed by atoms with Crippen LogP contribution in [0.5, 0.6) is 0 Å². The van der Waals surface area contributed by atoms with Gasteiger partial charge in [-0.2, -0.15) is 13.2 Å². The Morgan fingerprint density at radius 3 is 2.35 bits per heavy atom. The molecule has 1 saturated carbocycles. The van der Waals surface area contributed by atoms with Crippen LogP contribution >= 0.6 is 0 Å². The number of fused-ring (bicyclic) bond motifs is 1. The topological polar surface area (TPSA) is 96.2 Å². The molecule has 1 saturated heterocycles. The predicted molar refractivity (Wildman–Crippen MR) is 148 cm³/mol. The highest BCUT2D eigenvalue weighted by Crippen LogP contribution is 2.36. The molecule has 2 aliphatic rings. The van der Waals surface area contributed by atoms with Crippen LogP contribution in [-0.2, 0) is 12.7 Å². The Hall–Kier alpha value is -3.21. The maximum absolute atomic E-state index is 13.2. The number of piperidine rings is 1. The second-order valence-corrected chi connectivity index (χ2v) is 10.4. The van der Waals surface area contributed by atoms with Gasteiger partial charge in [-0.25, -0.2) is 19.7 Å². The van der Waals surface area contributed by atoms with Crippen LogP contribution in [-0.4, -0.2) is 54.6 Å². The highest BCUT2D eigenvalue weighted by molar-refractivity contribution is 5.90. The zero-order valence-electron chi connectivity index (χ0n) is 23.6. The number of aromatic carboxylic acids is 1. The minimum atomic E-state index is -4.41. The largest absolute Gasteiger partial charge is 0.475 e. The van der Waals surface area contributed by atoms with Crippen molar-refractivity contribution in [2.45, 2.75) is 91.0 Å². The highest BCUT2D eigenvalue weighted by atomic mass is 19.4. The van der Waals surface area contributed by atoms with Gasteiger partial charge in [-0.3, -0.25) is 4.90 Å². The number of hydrogen-bond acceptors (Lipinski definition) is 6. The highest BCUT2D eigenvalue weighted by Gasteiger charge is 2.32. The number of aromatic nitrogens is 4. The van der Waals surface area contributed by atoms with Gasteiger partial charge in [0.05, 0.1) is 11.6 Å². The summed E-state index contributed by atoms with van der Waals surface area (Å²) in [5.41, 5.74) is 0.840. The lowest BCUT2D eigenvalue weighted by atomic mass is 9.80. The number of carboxylic acids is 1. The number of nitrogens with one attached hydrogen (secondary N) is 1. The van der Waals surface area contributed by atoms with Crippen LogP contribution in [0.2, 0.25) is 0 Å². The smallest absolute Gasteiger partial charge is 0.416 e. The molecular formula is C29H39F3N6O2. The zero-order valence-corrected chi connectivity index (χ0v) is 23.6. The molecule has 11 heteroatoms. The molecule has 2 aromatic heterocycles. The van der Waals surface area contributed by atoms with Gasteiger partial charge in [-0.15, -0.1) is 0 Å². The van der Waals surface area contributed by atoms with Crippen molar-refractivity contribution < 1.29 is 23.1 Å². The first kappa shape index (κ1) is 29.8. The Bertz CT molecular complexity index is 1300. The van der Waals surface area contributed by atoms with E-state index < -0.39 is 17.7 Å². The number of nitrogens with zero attached hydrogens (tertiary/aromatic N) is 5. The van der Waals surface area contributed by atoms with Gasteiger partial charge in [0, 0.05) is 12.6 Å². The predicted octanol–water partition coefficient (Wildman–Crippen LogP) is 6.77. The molecule has 1 aliphatic carbocycles. The molecule has 3 aromatic rings. The minimum Gasteiger partial charge on any atom is -0.475 e. The number of likely N-dealkylation sites (tertiary alicyclic amines) is 1. The van der Waals surface area contributed by atoms with Gasteiger partial charge < -0.3 is 15.0 Å². The summed E-state index contributed by atoms with van der Waals surface area (Å²) in [6, 6.07) is 5.19. The number of alkyl halides is 3. The lowest BCUT2D eigenvalue weighted by molar-refractivity contribution is -0.137. The van der Waals surface area contributed by atoms with Gasteiger partial charge in [-0.05, 0) is 69.3 Å². The molecule has 0 radical (unpaired) electrons. The molecule has 2 unspecified atom stereocenters. The first-order chi connectivity index (χ1) is 19.2. The van der Waals surface area contributed by atoms with Crippen molar-refractivity contribution in [2.24, 2.45) is 5.92 Å². The fourth-order valence-corrected chi connectivity index (χ4v) is 5.58. The Kier molecular flexibility index (Phi) is 9.33. The first-order valence-corrected chi connectivity index (χ1v) is 14.3. The van der Waals surface area contributed by atoms with E-state index >= 15 is 0 Å². The number of rotatable bonds is 8. The normalized spacial score (nSPS) is 19.0. The lowest BCUT2D eigenvalue weighted by Gasteiger charge is -2.34. The molecule has 8 nitrogen and oxygen atoms in total. The van der Waals surface area contributed by atoms with Gasteiger partial charge in [0.2, 0.25) is 5.82 Å². The van der Waals surface area contributed by atoms with E-state index in [1.54, 1.807) is 0 Å². The third-order valence-corrected chi connectivity index (χ3v) is 7.98. The van der Waals surface area contributed by atoms with E-state index in [-0.39, 0.29) is 30.1 Å². The Balaban J connectivity index is 0.00000181. The van der Waals surface area contributed by atoms with Crippen molar-refractivity contribution in [1.29, 1.82) is 0 Å². The fourth-order valence-electron chi connectivity index (χ4n) is 5.58. The standard InChI is InChI=1S/C27H33F3N6O2.C2H6/c1-3-35-14-5-4-9-20(35)25-34-23-21(36(25)15-17-10-12-19(13-11-17)27(28,29)30)22(32-24(33-23)26(37)38)31-16(2)18-7-6-8-18;1-2/h10-13,16,18,20H,3-9,14-15H2,1-2H3,(H,37,38)(H,31,32,33);1-2H3. The summed E-state index contributed by atoms with van der Waals surface area (Å²) in [4.78, 5) is 27.8. The lowest BCUT2D eigenvalue weighted by Crippen LogP contribution is -2.35. The van der Waals surface area contributed by atoms with E-state index in [0.29, 0.717) is 22.8 Å². The summed E-state index contributed by atoms with van der Waals surface area (Å²) in [7, 11) is 0. The molecule has 5 rings (SSSR count). The van der Waals surface area contributed by atoms with Crippen LogP contribution in [0, 0.1) is 5.92 Å². The van der Waals surface area contributed by atoms with Gasteiger partial charge >= 0.3 is 12.1 Å². The fraction of sp³-hybridized carbons (Fsp3) is 0.586. The number of carbonyl (C=O) groups is 1. The van der Waals surface area contributed by atoms with Crippen LogP contribution in [0.15, 0.2) is 24.3 Å². The van der Waals surface area contributed by atoms with Gasteiger partial charge in [0.1, 0.15) is 11.3 Å². The van der Waals surface area contributed by atoms with Crippen LogP contribution in [0.1, 0.15) is 99.8 Å². The van der Waals surface area contributed by atoms with E-state index in [2.05, 4.69) is 34.0 Å². The number of anilines is 1. The van der Waals surface area contributed by atoms with Gasteiger partial charge in [0.15, 0.2) is 11.5 Å². The molecule has 1 aliphatic heterocycles. The van der Waals surface area contributed by atoms with Crippen LogP contribution in [0.25, 0.3) is 11.2 Å². The van der Waals surface area contributed by atoms with Crippen LogP contribution < -0.4 is 5.32 Å². The minimum absolute atomic E-state index is 0.0115. The average molecular weight is 561 g/mol. The number of imidazole rings is 1. The van der Waals surface area contributed by atoms with E-state index in [4.69, 9.17) is 4.98 Å². The summed E-state index contributed by atoms with van der Waals surface area (Å²) in [5.74, 6) is 0.0300. The number of benzene rings is 1. The second kappa shape index (κ2) is 12.5. The summed E-state index contributed by atoms with van der Waals surface area (Å²) in [6.45, 7) is 10.2. The molecule has 2 atom stereocenters. The molecule has 2 N–H and O–H groups in total. The quantitative estimate of drug-likeness (QED) is 0.314. The van der Waals surface area contributed by atoms with Crippen molar-refractivity contribution in [3.8, 4) is 0 Å². The van der Waals surface area contributed by atoms with Crippen LogP contribution in [0.4, 0.5) is 19.0 Å². The summed E-state index contributed by atoms with van der Waals surface area (Å²) < 4.78 is 41.5. The molecule has 3 heterocycles. The van der Waals surface area contributed by atoms with Crippen molar-refractivity contribution >= 4 is 23.0 Å². The van der Waals surface area contributed by atoms with Crippen molar-refractivity contribution in [1.82, 2.24) is 24.4 Å². The molecular weight excluding hydrogens is 521 g/mol. The molecule has 0 spiro atoms. The number of halogens is 3. The number of carboxylic acid groups (broad SMARTS) is 1. The summed E-state index contributed by atoms with van der Waals surface area (Å²) in [6.07, 6.45) is 1.94. The van der Waals surface area contributed by atoms with E-state index in [0.717, 1.165) is 63.2 Å². The summed E-state index contributed by atoms with van der Waals surface area (Å²) >= 11 is 0. The SMILES string of the molecule is CC.CCN1CCCCC1c1nc2nc(C(=O)O)nc(NC(C)C3CCC3)c2n1Cc1ccc(C(F)(F)F)cc1. The number of hydrogen-bond donors (Lipinski definition) is 2.